The predicted molar refractivity (Wildman–Crippen MR) is 108 cm³/mol. The van der Waals surface area contributed by atoms with Crippen LogP contribution in [0.3, 0.4) is 0 Å². The molecule has 0 N–H and O–H groups in total. The van der Waals surface area contributed by atoms with Crippen LogP contribution in [0.1, 0.15) is 29.8 Å². The Morgan fingerprint density at radius 2 is 1.88 bits per heavy atom. The lowest BCUT2D eigenvalue weighted by Gasteiger charge is -2.08. The number of aryl methyl sites for hydroxylation is 1. The number of para-hydroxylation sites is 1. The van der Waals surface area contributed by atoms with Crippen molar-refractivity contribution in [2.75, 3.05) is 0 Å². The van der Waals surface area contributed by atoms with Gasteiger partial charge in [-0.05, 0) is 43.3 Å². The molecule has 0 spiro atoms. The number of carbonyl (C=O) groups is 1. The number of Topliss-reactive ketones (excluding diaryl/α,β-unsaturated/α-hetero) is 1. The standard InChI is InChI=1S/C19H18N2OS3/c1-3-14-9-11-15(12-10-14)17(22)13(2)24-18-20-21(19(23)25-18)16-7-5-4-6-8-16/h4-13H,3H2,1-2H3/t13-/m0/s1. The number of hydrogen-bond donors (Lipinski definition) is 0. The van der Waals surface area contributed by atoms with Gasteiger partial charge in [0.2, 0.25) is 0 Å². The molecule has 128 valence electrons. The number of ketones is 1. The maximum absolute atomic E-state index is 12.6. The van der Waals surface area contributed by atoms with Crippen LogP contribution in [0.4, 0.5) is 0 Å². The maximum atomic E-state index is 12.6. The van der Waals surface area contributed by atoms with E-state index in [4.69, 9.17) is 12.2 Å². The van der Waals surface area contributed by atoms with Crippen LogP contribution in [-0.2, 0) is 6.42 Å². The first kappa shape index (κ1) is 18.0. The van der Waals surface area contributed by atoms with E-state index >= 15 is 0 Å². The fourth-order valence-corrected chi connectivity index (χ4v) is 4.97. The topological polar surface area (TPSA) is 34.9 Å². The van der Waals surface area contributed by atoms with Gasteiger partial charge in [0.15, 0.2) is 14.1 Å². The molecule has 1 heterocycles. The molecule has 3 rings (SSSR count). The molecule has 0 radical (unpaired) electrons. The molecule has 3 nitrogen and oxygen atoms in total. The lowest BCUT2D eigenvalue weighted by molar-refractivity contribution is 0.0994. The van der Waals surface area contributed by atoms with Gasteiger partial charge < -0.3 is 0 Å². The first-order chi connectivity index (χ1) is 12.1. The summed E-state index contributed by atoms with van der Waals surface area (Å²) in [6.07, 6.45) is 0.971. The summed E-state index contributed by atoms with van der Waals surface area (Å²) in [7, 11) is 0. The third-order valence-electron chi connectivity index (χ3n) is 3.82. The Kier molecular flexibility index (Phi) is 5.83. The second-order valence-corrected chi connectivity index (χ2v) is 8.77. The molecule has 0 aliphatic heterocycles. The van der Waals surface area contributed by atoms with Gasteiger partial charge in [0.05, 0.1) is 10.9 Å². The highest BCUT2D eigenvalue weighted by atomic mass is 32.2. The van der Waals surface area contributed by atoms with Crippen molar-refractivity contribution in [2.45, 2.75) is 29.9 Å². The zero-order valence-electron chi connectivity index (χ0n) is 14.0. The number of nitrogens with zero attached hydrogens (tertiary/aromatic N) is 2. The van der Waals surface area contributed by atoms with Crippen LogP contribution in [-0.4, -0.2) is 20.8 Å². The number of rotatable bonds is 6. The first-order valence-corrected chi connectivity index (χ1v) is 10.1. The van der Waals surface area contributed by atoms with Gasteiger partial charge in [0.1, 0.15) is 0 Å². The van der Waals surface area contributed by atoms with E-state index < -0.39 is 0 Å². The van der Waals surface area contributed by atoms with E-state index in [1.54, 1.807) is 4.68 Å². The number of aromatic nitrogens is 2. The van der Waals surface area contributed by atoms with Crippen molar-refractivity contribution in [1.29, 1.82) is 0 Å². The minimum absolute atomic E-state index is 0.111. The highest BCUT2D eigenvalue weighted by Crippen LogP contribution is 2.29. The lowest BCUT2D eigenvalue weighted by atomic mass is 10.1. The monoisotopic (exact) mass is 386 g/mol. The van der Waals surface area contributed by atoms with Gasteiger partial charge in [-0.3, -0.25) is 4.79 Å². The van der Waals surface area contributed by atoms with Crippen LogP contribution in [0.25, 0.3) is 5.69 Å². The summed E-state index contributed by atoms with van der Waals surface area (Å²) >= 11 is 8.31. The summed E-state index contributed by atoms with van der Waals surface area (Å²) in [5, 5.41) is 4.35. The van der Waals surface area contributed by atoms with Crippen LogP contribution in [0, 0.1) is 3.95 Å². The molecule has 1 aromatic heterocycles. The first-order valence-electron chi connectivity index (χ1n) is 8.04. The van der Waals surface area contributed by atoms with Crippen molar-refractivity contribution < 1.29 is 4.79 Å². The van der Waals surface area contributed by atoms with Gasteiger partial charge in [0, 0.05) is 5.56 Å². The van der Waals surface area contributed by atoms with Crippen LogP contribution >= 0.6 is 35.3 Å². The summed E-state index contributed by atoms with van der Waals surface area (Å²) in [5.74, 6) is 0.111. The number of hydrogen-bond acceptors (Lipinski definition) is 5. The van der Waals surface area contributed by atoms with Gasteiger partial charge in [-0.1, -0.05) is 72.5 Å². The molecule has 6 heteroatoms. The van der Waals surface area contributed by atoms with Gasteiger partial charge in [-0.15, -0.1) is 5.10 Å². The Bertz CT molecular complexity index is 914. The molecule has 25 heavy (non-hydrogen) atoms. The number of benzene rings is 2. The van der Waals surface area contributed by atoms with Crippen LogP contribution in [0.2, 0.25) is 0 Å². The molecule has 0 saturated heterocycles. The van der Waals surface area contributed by atoms with E-state index in [1.807, 2.05) is 61.5 Å². The summed E-state index contributed by atoms with van der Waals surface area (Å²) in [4.78, 5) is 12.6. The van der Waals surface area contributed by atoms with Crippen LogP contribution in [0.15, 0.2) is 58.9 Å². The van der Waals surface area contributed by atoms with Crippen molar-refractivity contribution in [2.24, 2.45) is 0 Å². The van der Waals surface area contributed by atoms with E-state index in [0.29, 0.717) is 3.95 Å². The number of carbonyl (C=O) groups excluding carboxylic acids is 1. The SMILES string of the molecule is CCc1ccc(C(=O)[C@H](C)Sc2nn(-c3ccccc3)c(=S)s2)cc1. The zero-order valence-corrected chi connectivity index (χ0v) is 16.5. The normalized spacial score (nSPS) is 12.1. The van der Waals surface area contributed by atoms with E-state index in [1.165, 1.54) is 28.7 Å². The van der Waals surface area contributed by atoms with E-state index in [9.17, 15) is 4.79 Å². The van der Waals surface area contributed by atoms with Crippen LogP contribution in [0.5, 0.6) is 0 Å². The molecule has 1 atom stereocenters. The van der Waals surface area contributed by atoms with Crippen molar-refractivity contribution >= 4 is 41.1 Å². The molecule has 0 amide bonds. The second-order valence-electron chi connectivity index (χ2n) is 5.56. The van der Waals surface area contributed by atoms with E-state index in [0.717, 1.165) is 22.0 Å². The molecular weight excluding hydrogens is 368 g/mol. The van der Waals surface area contributed by atoms with Crippen molar-refractivity contribution in [3.8, 4) is 5.69 Å². The maximum Gasteiger partial charge on any atom is 0.184 e. The second kappa shape index (κ2) is 8.08. The zero-order chi connectivity index (χ0) is 17.8. The average Bonchev–Trinajstić information content (AvgIpc) is 3.02. The van der Waals surface area contributed by atoms with Crippen molar-refractivity contribution in [3.05, 3.63) is 69.7 Å². The summed E-state index contributed by atoms with van der Waals surface area (Å²) < 4.78 is 3.23. The van der Waals surface area contributed by atoms with Gasteiger partial charge in [0.25, 0.3) is 0 Å². The highest BCUT2D eigenvalue weighted by Gasteiger charge is 2.19. The molecule has 0 aliphatic carbocycles. The molecule has 0 aliphatic rings. The quantitative estimate of drug-likeness (QED) is 0.314. The largest absolute Gasteiger partial charge is 0.293 e. The van der Waals surface area contributed by atoms with Crippen molar-refractivity contribution in [1.82, 2.24) is 9.78 Å². The van der Waals surface area contributed by atoms with Crippen molar-refractivity contribution in [3.63, 3.8) is 0 Å². The third kappa shape index (κ3) is 4.26. The predicted octanol–water partition coefficient (Wildman–Crippen LogP) is 5.59. The molecule has 0 saturated carbocycles. The Hall–Kier alpha value is -1.76. The smallest absolute Gasteiger partial charge is 0.184 e. The Morgan fingerprint density at radius 3 is 2.52 bits per heavy atom. The van der Waals surface area contributed by atoms with Gasteiger partial charge in [-0.2, -0.15) is 0 Å². The van der Waals surface area contributed by atoms with E-state index in [-0.39, 0.29) is 11.0 Å². The van der Waals surface area contributed by atoms with Gasteiger partial charge >= 0.3 is 0 Å². The minimum atomic E-state index is -0.211. The summed E-state index contributed by atoms with van der Waals surface area (Å²) in [6, 6.07) is 17.6. The Morgan fingerprint density at radius 1 is 1.20 bits per heavy atom. The summed E-state index contributed by atoms with van der Waals surface area (Å²) in [5.41, 5.74) is 2.91. The molecular formula is C19H18N2OS3. The Labute approximate surface area is 160 Å². The molecule has 0 bridgehead atoms. The third-order valence-corrected chi connectivity index (χ3v) is 6.24. The number of thioether (sulfide) groups is 1. The Balaban J connectivity index is 1.75. The summed E-state index contributed by atoms with van der Waals surface area (Å²) in [6.45, 7) is 4.02. The minimum Gasteiger partial charge on any atom is -0.293 e. The lowest BCUT2D eigenvalue weighted by Crippen LogP contribution is -2.13. The molecule has 0 unspecified atom stereocenters. The van der Waals surface area contributed by atoms with E-state index in [2.05, 4.69) is 12.0 Å². The fourth-order valence-electron chi connectivity index (χ4n) is 2.38. The molecule has 2 aromatic carbocycles. The molecule has 0 fully saturated rings. The van der Waals surface area contributed by atoms with Gasteiger partial charge in [-0.25, -0.2) is 4.68 Å². The highest BCUT2D eigenvalue weighted by molar-refractivity contribution is 8.02. The average molecular weight is 387 g/mol. The molecule has 3 aromatic rings. The fraction of sp³-hybridized carbons (Fsp3) is 0.211. The van der Waals surface area contributed by atoms with Crippen LogP contribution < -0.4 is 0 Å².